The topological polar surface area (TPSA) is 140 Å². The van der Waals surface area contributed by atoms with E-state index in [1.807, 2.05) is 0 Å². The van der Waals surface area contributed by atoms with Gasteiger partial charge in [0.25, 0.3) is 0 Å². The first-order valence-corrected chi connectivity index (χ1v) is 8.43. The molecular formula is C19H22O8. The zero-order valence-electron chi connectivity index (χ0n) is 14.6. The predicted octanol–water partition coefficient (Wildman–Crippen LogP) is 0.252. The van der Waals surface area contributed by atoms with E-state index < -0.39 is 37.3 Å². The van der Waals surface area contributed by atoms with Gasteiger partial charge in [-0.05, 0) is 24.1 Å². The van der Waals surface area contributed by atoms with Gasteiger partial charge in [-0.1, -0.05) is 30.3 Å². The number of ether oxygens (including phenoxy) is 2. The molecule has 1 fully saturated rings. The van der Waals surface area contributed by atoms with Crippen molar-refractivity contribution >= 4 is 0 Å². The van der Waals surface area contributed by atoms with Gasteiger partial charge in [0.2, 0.25) is 6.29 Å². The molecule has 0 amide bonds. The Hall–Kier alpha value is -2.36. The Morgan fingerprint density at radius 3 is 2.30 bits per heavy atom. The third-order valence-electron chi connectivity index (χ3n) is 4.56. The van der Waals surface area contributed by atoms with Gasteiger partial charge in [0.1, 0.15) is 30.2 Å². The lowest BCUT2D eigenvalue weighted by Crippen LogP contribution is -2.60. The molecule has 1 saturated heterocycles. The van der Waals surface area contributed by atoms with Gasteiger partial charge in [0.05, 0.1) is 12.2 Å². The molecule has 5 atom stereocenters. The maximum atomic E-state index is 10.7. The molecule has 1 heterocycles. The minimum absolute atomic E-state index is 0.0593. The largest absolute Gasteiger partial charge is 0.507 e. The summed E-state index contributed by atoms with van der Waals surface area (Å²) < 4.78 is 10.9. The van der Waals surface area contributed by atoms with E-state index in [-0.39, 0.29) is 22.8 Å². The zero-order valence-corrected chi connectivity index (χ0v) is 14.6. The molecule has 146 valence electrons. The SMILES string of the molecule is Cc1cc(O)c(-c2ccccc2)c(O)c1O[C@@H]1O[C@H](CO)[C@@H](O)[C@H](O)[C@H]1O. The summed E-state index contributed by atoms with van der Waals surface area (Å²) in [5.41, 5.74) is 1.05. The van der Waals surface area contributed by atoms with Crippen molar-refractivity contribution in [2.75, 3.05) is 6.61 Å². The third-order valence-corrected chi connectivity index (χ3v) is 4.56. The van der Waals surface area contributed by atoms with Crippen molar-refractivity contribution in [3.05, 3.63) is 42.0 Å². The van der Waals surface area contributed by atoms with Gasteiger partial charge < -0.3 is 40.1 Å². The second-order valence-corrected chi connectivity index (χ2v) is 6.45. The molecule has 27 heavy (non-hydrogen) atoms. The fourth-order valence-electron chi connectivity index (χ4n) is 3.08. The Morgan fingerprint density at radius 1 is 1.00 bits per heavy atom. The standard InChI is InChI=1S/C19H22O8/c1-9-7-11(21)13(10-5-3-2-4-6-10)15(23)18(9)27-19-17(25)16(24)14(22)12(8-20)26-19/h2-7,12,14,16-17,19-25H,8H2,1H3/t12-,14-,16+,17-,19+/m1/s1. The van der Waals surface area contributed by atoms with Gasteiger partial charge in [0.15, 0.2) is 11.5 Å². The highest BCUT2D eigenvalue weighted by Gasteiger charge is 2.45. The lowest BCUT2D eigenvalue weighted by molar-refractivity contribution is -0.277. The van der Waals surface area contributed by atoms with Gasteiger partial charge in [-0.25, -0.2) is 0 Å². The van der Waals surface area contributed by atoms with Gasteiger partial charge in [-0.2, -0.15) is 0 Å². The molecule has 8 nitrogen and oxygen atoms in total. The van der Waals surface area contributed by atoms with E-state index in [0.717, 1.165) is 0 Å². The molecule has 0 saturated carbocycles. The number of aliphatic hydroxyl groups excluding tert-OH is 4. The molecule has 1 aliphatic heterocycles. The highest BCUT2D eigenvalue weighted by molar-refractivity contribution is 5.80. The van der Waals surface area contributed by atoms with Crippen LogP contribution in [0.1, 0.15) is 5.56 Å². The summed E-state index contributed by atoms with van der Waals surface area (Å²) in [6.07, 6.45) is -7.32. The number of aromatic hydroxyl groups is 2. The lowest BCUT2D eigenvalue weighted by atomic mass is 9.98. The zero-order chi connectivity index (χ0) is 19.7. The predicted molar refractivity (Wildman–Crippen MR) is 94.3 cm³/mol. The molecule has 2 aromatic carbocycles. The highest BCUT2D eigenvalue weighted by atomic mass is 16.7. The fourth-order valence-corrected chi connectivity index (χ4v) is 3.08. The van der Waals surface area contributed by atoms with Crippen molar-refractivity contribution < 1.29 is 40.1 Å². The van der Waals surface area contributed by atoms with E-state index in [1.165, 1.54) is 6.07 Å². The van der Waals surface area contributed by atoms with E-state index in [0.29, 0.717) is 11.1 Å². The van der Waals surface area contributed by atoms with Crippen LogP contribution in [-0.4, -0.2) is 68.0 Å². The van der Waals surface area contributed by atoms with Crippen LogP contribution in [0.2, 0.25) is 0 Å². The molecule has 0 spiro atoms. The van der Waals surface area contributed by atoms with Gasteiger partial charge in [-0.3, -0.25) is 0 Å². The fraction of sp³-hybridized carbons (Fsp3) is 0.368. The second kappa shape index (κ2) is 7.71. The summed E-state index contributed by atoms with van der Waals surface area (Å²) in [6.45, 7) is 0.980. The summed E-state index contributed by atoms with van der Waals surface area (Å²) in [5, 5.41) is 60.1. The van der Waals surface area contributed by atoms with Gasteiger partial charge in [0, 0.05) is 0 Å². The smallest absolute Gasteiger partial charge is 0.229 e. The van der Waals surface area contributed by atoms with Crippen LogP contribution in [-0.2, 0) is 4.74 Å². The molecule has 2 aromatic rings. The average molecular weight is 378 g/mol. The van der Waals surface area contributed by atoms with Crippen molar-refractivity contribution in [1.82, 2.24) is 0 Å². The van der Waals surface area contributed by atoms with E-state index >= 15 is 0 Å². The molecule has 6 N–H and O–H groups in total. The van der Waals surface area contributed by atoms with Crippen LogP contribution in [0.4, 0.5) is 0 Å². The number of hydrogen-bond acceptors (Lipinski definition) is 8. The number of phenolic OH excluding ortho intramolecular Hbond substituents is 2. The molecule has 0 unspecified atom stereocenters. The van der Waals surface area contributed by atoms with Crippen LogP contribution in [0.5, 0.6) is 17.2 Å². The first-order valence-electron chi connectivity index (χ1n) is 8.43. The maximum Gasteiger partial charge on any atom is 0.229 e. The van der Waals surface area contributed by atoms with E-state index in [4.69, 9.17) is 9.47 Å². The minimum atomic E-state index is -1.62. The lowest BCUT2D eigenvalue weighted by Gasteiger charge is -2.39. The summed E-state index contributed by atoms with van der Waals surface area (Å²) in [6, 6.07) is 10.1. The monoisotopic (exact) mass is 378 g/mol. The summed E-state index contributed by atoms with van der Waals surface area (Å²) in [4.78, 5) is 0. The maximum absolute atomic E-state index is 10.7. The van der Waals surface area contributed by atoms with Crippen LogP contribution in [0, 0.1) is 6.92 Å². The van der Waals surface area contributed by atoms with Crippen LogP contribution in [0.3, 0.4) is 0 Å². The molecule has 8 heteroatoms. The van der Waals surface area contributed by atoms with Gasteiger partial charge >= 0.3 is 0 Å². The van der Waals surface area contributed by atoms with Crippen molar-refractivity contribution in [2.24, 2.45) is 0 Å². The molecule has 3 rings (SSSR count). The number of phenols is 2. The van der Waals surface area contributed by atoms with Crippen molar-refractivity contribution in [3.63, 3.8) is 0 Å². The van der Waals surface area contributed by atoms with Crippen molar-refractivity contribution in [2.45, 2.75) is 37.6 Å². The summed E-state index contributed by atoms with van der Waals surface area (Å²) >= 11 is 0. The first kappa shape index (κ1) is 19.4. The Kier molecular flexibility index (Phi) is 5.54. The van der Waals surface area contributed by atoms with Crippen LogP contribution >= 0.6 is 0 Å². The van der Waals surface area contributed by atoms with Crippen molar-refractivity contribution in [3.8, 4) is 28.4 Å². The number of benzene rings is 2. The van der Waals surface area contributed by atoms with E-state index in [2.05, 4.69) is 0 Å². The number of rotatable bonds is 4. The first-order chi connectivity index (χ1) is 12.8. The quantitative estimate of drug-likeness (QED) is 0.445. The molecule has 0 aliphatic carbocycles. The normalized spacial score (nSPS) is 28.1. The van der Waals surface area contributed by atoms with Crippen LogP contribution in [0.25, 0.3) is 11.1 Å². The molecule has 0 aromatic heterocycles. The number of aliphatic hydroxyl groups is 4. The Balaban J connectivity index is 1.98. The second-order valence-electron chi connectivity index (χ2n) is 6.45. The number of aryl methyl sites for hydroxylation is 1. The Labute approximate surface area is 155 Å². The Bertz CT molecular complexity index is 792. The van der Waals surface area contributed by atoms with Crippen molar-refractivity contribution in [1.29, 1.82) is 0 Å². The van der Waals surface area contributed by atoms with Gasteiger partial charge in [-0.15, -0.1) is 0 Å². The molecular weight excluding hydrogens is 356 g/mol. The molecule has 0 bridgehead atoms. The summed E-state index contributed by atoms with van der Waals surface area (Å²) in [5.74, 6) is -0.580. The summed E-state index contributed by atoms with van der Waals surface area (Å²) in [7, 11) is 0. The van der Waals surface area contributed by atoms with Crippen LogP contribution < -0.4 is 4.74 Å². The minimum Gasteiger partial charge on any atom is -0.507 e. The Morgan fingerprint density at radius 2 is 1.67 bits per heavy atom. The number of hydrogen-bond donors (Lipinski definition) is 6. The van der Waals surface area contributed by atoms with Crippen LogP contribution in [0.15, 0.2) is 36.4 Å². The van der Waals surface area contributed by atoms with E-state index in [9.17, 15) is 30.6 Å². The highest BCUT2D eigenvalue weighted by Crippen LogP contribution is 2.46. The average Bonchev–Trinajstić information content (AvgIpc) is 2.65. The third kappa shape index (κ3) is 3.58. The molecule has 1 aliphatic rings. The van der Waals surface area contributed by atoms with E-state index in [1.54, 1.807) is 37.3 Å². The molecule has 0 radical (unpaired) electrons.